The molecule has 0 aromatic heterocycles. The minimum absolute atomic E-state index is 0.329. The maximum absolute atomic E-state index is 5.62. The molecule has 2 N–H and O–H groups in total. The lowest BCUT2D eigenvalue weighted by atomic mass is 9.98. The highest BCUT2D eigenvalue weighted by Gasteiger charge is 2.31. The third-order valence-electron chi connectivity index (χ3n) is 1.86. The molecular formula is C7H16N2. The first-order valence-corrected chi connectivity index (χ1v) is 3.51. The van der Waals surface area contributed by atoms with E-state index in [-0.39, 0.29) is 0 Å². The van der Waals surface area contributed by atoms with E-state index in [1.54, 1.807) is 0 Å². The summed E-state index contributed by atoms with van der Waals surface area (Å²) in [5.74, 6) is 0. The van der Waals surface area contributed by atoms with Gasteiger partial charge in [-0.2, -0.15) is 0 Å². The van der Waals surface area contributed by atoms with Gasteiger partial charge in [0.15, 0.2) is 0 Å². The molecule has 0 atom stereocenters. The van der Waals surface area contributed by atoms with Crippen molar-refractivity contribution in [2.24, 2.45) is 5.73 Å². The van der Waals surface area contributed by atoms with Crippen LogP contribution in [-0.4, -0.2) is 29.6 Å². The van der Waals surface area contributed by atoms with Gasteiger partial charge in [0.2, 0.25) is 0 Å². The van der Waals surface area contributed by atoms with E-state index in [1.165, 1.54) is 0 Å². The first-order chi connectivity index (χ1) is 4.00. The van der Waals surface area contributed by atoms with E-state index < -0.39 is 0 Å². The summed E-state index contributed by atoms with van der Waals surface area (Å²) in [6, 6.07) is 0.434. The average molecular weight is 128 g/mol. The Labute approximate surface area is 57.0 Å². The van der Waals surface area contributed by atoms with Crippen LogP contribution in [0.15, 0.2) is 0 Å². The summed E-state index contributed by atoms with van der Waals surface area (Å²) in [5, 5.41) is 0. The standard InChI is InChI=1S/C7H16N2/c1-7(2,3)9-4-6(8)5-9/h6H,4-5,8H2,1-3H3. The van der Waals surface area contributed by atoms with Gasteiger partial charge in [0, 0.05) is 24.7 Å². The first kappa shape index (κ1) is 7.03. The van der Waals surface area contributed by atoms with Crippen molar-refractivity contribution >= 4 is 0 Å². The summed E-state index contributed by atoms with van der Waals surface area (Å²) in [7, 11) is 0. The smallest absolute Gasteiger partial charge is 0.0297 e. The Morgan fingerprint density at radius 2 is 1.78 bits per heavy atom. The second-order valence-electron chi connectivity index (χ2n) is 3.84. The zero-order valence-corrected chi connectivity index (χ0v) is 6.52. The van der Waals surface area contributed by atoms with E-state index in [9.17, 15) is 0 Å². The fourth-order valence-corrected chi connectivity index (χ4v) is 1.06. The van der Waals surface area contributed by atoms with E-state index in [1.807, 2.05) is 0 Å². The number of rotatable bonds is 0. The van der Waals surface area contributed by atoms with Crippen molar-refractivity contribution in [2.45, 2.75) is 32.4 Å². The van der Waals surface area contributed by atoms with E-state index in [4.69, 9.17) is 5.73 Å². The minimum atomic E-state index is 0.329. The predicted molar refractivity (Wildman–Crippen MR) is 39.3 cm³/mol. The fourth-order valence-electron chi connectivity index (χ4n) is 1.06. The zero-order chi connectivity index (χ0) is 7.07. The van der Waals surface area contributed by atoms with Gasteiger partial charge < -0.3 is 5.73 Å². The summed E-state index contributed by atoms with van der Waals surface area (Å²) in [6.45, 7) is 8.81. The Balaban J connectivity index is 2.32. The lowest BCUT2D eigenvalue weighted by Crippen LogP contribution is -2.62. The molecule has 0 aliphatic carbocycles. The highest BCUT2D eigenvalue weighted by Crippen LogP contribution is 2.19. The molecule has 9 heavy (non-hydrogen) atoms. The van der Waals surface area contributed by atoms with Crippen LogP contribution in [-0.2, 0) is 0 Å². The van der Waals surface area contributed by atoms with Crippen molar-refractivity contribution < 1.29 is 0 Å². The van der Waals surface area contributed by atoms with Crippen LogP contribution in [0, 0.1) is 0 Å². The first-order valence-electron chi connectivity index (χ1n) is 3.51. The van der Waals surface area contributed by atoms with Gasteiger partial charge in [0.05, 0.1) is 0 Å². The van der Waals surface area contributed by atoms with Crippen molar-refractivity contribution in [1.29, 1.82) is 0 Å². The lowest BCUT2D eigenvalue weighted by Gasteiger charge is -2.46. The highest BCUT2D eigenvalue weighted by molar-refractivity contribution is 4.90. The number of hydrogen-bond acceptors (Lipinski definition) is 2. The molecule has 0 bridgehead atoms. The summed E-state index contributed by atoms with van der Waals surface area (Å²) >= 11 is 0. The molecular weight excluding hydrogens is 112 g/mol. The molecule has 0 amide bonds. The molecule has 0 aromatic rings. The molecule has 2 heteroatoms. The minimum Gasteiger partial charge on any atom is -0.325 e. The summed E-state index contributed by atoms with van der Waals surface area (Å²) in [5.41, 5.74) is 5.95. The number of nitrogens with zero attached hydrogens (tertiary/aromatic N) is 1. The van der Waals surface area contributed by atoms with Crippen molar-refractivity contribution in [3.8, 4) is 0 Å². The Morgan fingerprint density at radius 1 is 1.33 bits per heavy atom. The summed E-state index contributed by atoms with van der Waals surface area (Å²) < 4.78 is 0. The van der Waals surface area contributed by atoms with Gasteiger partial charge in [0.1, 0.15) is 0 Å². The topological polar surface area (TPSA) is 29.3 Å². The number of likely N-dealkylation sites (tertiary alicyclic amines) is 1. The van der Waals surface area contributed by atoms with Gasteiger partial charge in [0.25, 0.3) is 0 Å². The van der Waals surface area contributed by atoms with Gasteiger partial charge >= 0.3 is 0 Å². The largest absolute Gasteiger partial charge is 0.325 e. The molecule has 0 spiro atoms. The molecule has 0 aromatic carbocycles. The van der Waals surface area contributed by atoms with Gasteiger partial charge in [-0.3, -0.25) is 4.90 Å². The van der Waals surface area contributed by atoms with Crippen LogP contribution >= 0.6 is 0 Å². The van der Waals surface area contributed by atoms with Crippen molar-refractivity contribution in [1.82, 2.24) is 4.90 Å². The van der Waals surface area contributed by atoms with Gasteiger partial charge in [-0.15, -0.1) is 0 Å². The van der Waals surface area contributed by atoms with E-state index >= 15 is 0 Å². The maximum Gasteiger partial charge on any atom is 0.0297 e. The van der Waals surface area contributed by atoms with Gasteiger partial charge in [-0.05, 0) is 20.8 Å². The van der Waals surface area contributed by atoms with Crippen LogP contribution in [0.3, 0.4) is 0 Å². The van der Waals surface area contributed by atoms with Gasteiger partial charge in [-0.25, -0.2) is 0 Å². The van der Waals surface area contributed by atoms with Crippen molar-refractivity contribution in [3.05, 3.63) is 0 Å². The molecule has 0 radical (unpaired) electrons. The number of nitrogens with two attached hydrogens (primary N) is 1. The van der Waals surface area contributed by atoms with E-state index in [0.717, 1.165) is 13.1 Å². The van der Waals surface area contributed by atoms with Crippen molar-refractivity contribution in [2.75, 3.05) is 13.1 Å². The second-order valence-corrected chi connectivity index (χ2v) is 3.84. The molecule has 1 fully saturated rings. The normalized spacial score (nSPS) is 24.0. The summed E-state index contributed by atoms with van der Waals surface area (Å²) in [6.07, 6.45) is 0. The third-order valence-corrected chi connectivity index (χ3v) is 1.86. The molecule has 1 saturated heterocycles. The highest BCUT2D eigenvalue weighted by atomic mass is 15.3. The third kappa shape index (κ3) is 1.43. The summed E-state index contributed by atoms with van der Waals surface area (Å²) in [4.78, 5) is 2.39. The SMILES string of the molecule is CC(C)(C)N1CC(N)C1. The Bertz CT molecular complexity index is 98.0. The Kier molecular flexibility index (Phi) is 1.53. The molecule has 1 rings (SSSR count). The Hall–Kier alpha value is -0.0800. The quantitative estimate of drug-likeness (QED) is 0.512. The van der Waals surface area contributed by atoms with Crippen molar-refractivity contribution in [3.63, 3.8) is 0 Å². The molecule has 0 unspecified atom stereocenters. The molecule has 1 aliphatic heterocycles. The molecule has 1 aliphatic rings. The van der Waals surface area contributed by atoms with Crippen LogP contribution in [0.1, 0.15) is 20.8 Å². The Morgan fingerprint density at radius 3 is 1.89 bits per heavy atom. The predicted octanol–water partition coefficient (Wildman–Crippen LogP) is 0.428. The fraction of sp³-hybridized carbons (Fsp3) is 1.00. The van der Waals surface area contributed by atoms with E-state index in [0.29, 0.717) is 11.6 Å². The van der Waals surface area contributed by atoms with Crippen LogP contribution in [0.2, 0.25) is 0 Å². The van der Waals surface area contributed by atoms with Crippen LogP contribution in [0.5, 0.6) is 0 Å². The second kappa shape index (κ2) is 1.96. The van der Waals surface area contributed by atoms with Gasteiger partial charge in [-0.1, -0.05) is 0 Å². The molecule has 1 heterocycles. The maximum atomic E-state index is 5.62. The zero-order valence-electron chi connectivity index (χ0n) is 6.52. The van der Waals surface area contributed by atoms with Crippen LogP contribution in [0.25, 0.3) is 0 Å². The van der Waals surface area contributed by atoms with Crippen LogP contribution < -0.4 is 5.73 Å². The monoisotopic (exact) mass is 128 g/mol. The lowest BCUT2D eigenvalue weighted by molar-refractivity contribution is 0.0496. The molecule has 0 saturated carbocycles. The van der Waals surface area contributed by atoms with E-state index in [2.05, 4.69) is 25.7 Å². The average Bonchev–Trinajstić information content (AvgIpc) is 1.55. The molecule has 54 valence electrons. The molecule has 2 nitrogen and oxygen atoms in total. The van der Waals surface area contributed by atoms with Crippen LogP contribution in [0.4, 0.5) is 0 Å². The number of hydrogen-bond donors (Lipinski definition) is 1.